The van der Waals surface area contributed by atoms with Gasteiger partial charge in [0.05, 0.1) is 45.6 Å². The summed E-state index contributed by atoms with van der Waals surface area (Å²) < 4.78 is 0. The highest BCUT2D eigenvalue weighted by Crippen LogP contribution is 2.38. The van der Waals surface area contributed by atoms with Crippen LogP contribution in [-0.2, 0) is 0 Å². The highest BCUT2D eigenvalue weighted by Gasteiger charge is 2.20. The van der Waals surface area contributed by atoms with Crippen molar-refractivity contribution < 1.29 is 0 Å². The number of aromatic nitrogens is 11. The zero-order chi connectivity index (χ0) is 102. The minimum absolute atomic E-state index is 0.688. The van der Waals surface area contributed by atoms with Crippen molar-refractivity contribution in [3.8, 4) is 203 Å². The van der Waals surface area contributed by atoms with Crippen molar-refractivity contribution in [2.75, 3.05) is 0 Å². The molecular weight excluding hydrogens is 1800 g/mol. The van der Waals surface area contributed by atoms with E-state index in [1.54, 1.807) is 0 Å². The second-order valence-corrected chi connectivity index (χ2v) is 37.4. The number of aryl methyl sites for hydroxylation is 10. The topological polar surface area (TPSA) is 142 Å². The van der Waals surface area contributed by atoms with Crippen LogP contribution in [0.3, 0.4) is 0 Å². The summed E-state index contributed by atoms with van der Waals surface area (Å²) in [6.45, 7) is 21.0. The predicted molar refractivity (Wildman–Crippen MR) is 613 cm³/mol. The van der Waals surface area contributed by atoms with E-state index in [2.05, 4.69) is 433 Å². The maximum absolute atomic E-state index is 4.94. The van der Waals surface area contributed by atoms with Crippen LogP contribution in [-0.4, -0.2) is 54.8 Å². The number of rotatable bonds is 18. The van der Waals surface area contributed by atoms with Gasteiger partial charge in [0.1, 0.15) is 0 Å². The second kappa shape index (κ2) is 46.6. The van der Waals surface area contributed by atoms with Crippen molar-refractivity contribution in [3.63, 3.8) is 0 Å². The molecule has 0 saturated heterocycles. The summed E-state index contributed by atoms with van der Waals surface area (Å²) in [6.07, 6.45) is 0. The fourth-order valence-corrected chi connectivity index (χ4v) is 17.4. The summed E-state index contributed by atoms with van der Waals surface area (Å²) in [5, 5.41) is 0. The van der Waals surface area contributed by atoms with Gasteiger partial charge in [-0.1, -0.05) is 492 Å². The van der Waals surface area contributed by atoms with Crippen LogP contribution in [0.2, 0.25) is 0 Å². The van der Waals surface area contributed by atoms with Crippen LogP contribution in [0.15, 0.2) is 491 Å². The van der Waals surface area contributed by atoms with Gasteiger partial charge in [-0.15, -0.1) is 0 Å². The Morgan fingerprint density at radius 2 is 0.223 bits per heavy atom. The van der Waals surface area contributed by atoms with E-state index in [1.807, 2.05) is 127 Å². The lowest BCUT2D eigenvalue weighted by atomic mass is 10.0. The molecule has 18 aromatic carbocycles. The average molecular weight is 1910 g/mol. The second-order valence-electron chi connectivity index (χ2n) is 37.4. The molecule has 23 aromatic rings. The first-order chi connectivity index (χ1) is 72.3. The lowest BCUT2D eigenvalue weighted by molar-refractivity contribution is 1.07. The molecule has 0 unspecified atom stereocenters. The van der Waals surface area contributed by atoms with Crippen LogP contribution in [0.5, 0.6) is 0 Å². The third-order valence-electron chi connectivity index (χ3n) is 25.6. The predicted octanol–water partition coefficient (Wildman–Crippen LogP) is 34.9. The zero-order valence-corrected chi connectivity index (χ0v) is 84.7. The largest absolute Gasteiger partial charge is 0.228 e. The minimum atomic E-state index is 0.688. The van der Waals surface area contributed by atoms with Crippen LogP contribution in [0.4, 0.5) is 0 Å². The van der Waals surface area contributed by atoms with E-state index in [0.717, 1.165) is 152 Å². The highest BCUT2D eigenvalue weighted by molar-refractivity contribution is 5.81. The molecule has 11 heteroatoms. The van der Waals surface area contributed by atoms with Gasteiger partial charge in [-0.25, -0.2) is 54.8 Å². The Balaban J connectivity index is 0.000000117. The lowest BCUT2D eigenvalue weighted by Crippen LogP contribution is -2.00. The van der Waals surface area contributed by atoms with Gasteiger partial charge in [-0.05, 0) is 157 Å². The van der Waals surface area contributed by atoms with Crippen LogP contribution in [0.1, 0.15) is 55.6 Å². The Labute approximate surface area is 868 Å². The van der Waals surface area contributed by atoms with Gasteiger partial charge in [0, 0.05) is 83.5 Å². The van der Waals surface area contributed by atoms with Crippen molar-refractivity contribution in [1.82, 2.24) is 54.8 Å². The first-order valence-corrected chi connectivity index (χ1v) is 50.0. The molecule has 0 aliphatic rings. The first-order valence-electron chi connectivity index (χ1n) is 50.0. The number of hydrogen-bond acceptors (Lipinski definition) is 11. The normalized spacial score (nSPS) is 10.8. The standard InChI is InChI=1S/3C30H24N2.C24H20N2.C23H19N3/c1-21-11-13-23(14-12-21)24-15-17-25(18-16-24)28-20-29(27-10-6-7-22(2)19-27)32-30(31-28)26-8-4-3-5-9-26;1-21-11-13-23(14-12-21)24-15-17-26(18-16-24)30-31-28(25-8-4-3-5-9-25)20-29(32-30)27-10-6-7-22(2)19-27;1-21-11-13-23(14-12-21)24-15-17-26(18-16-24)29-20-28(25-8-4-3-5-9-25)31-30(32-29)27-10-6-7-22(2)19-27;1-17-11-13-19(14-12-17)22-16-23(21-10-6-7-18(2)15-21)26-24(25-22)20-8-4-3-5-9-20;1-16-11-13-19(14-12-16)22-24-21(18-8-4-3-5-9-18)25-23(26-22)20-10-6-7-17(2)15-20/h3*3-20H,1-2H3;3-16H,1-2H3;3-15H,1-2H3. The van der Waals surface area contributed by atoms with Gasteiger partial charge in [0.2, 0.25) is 0 Å². The average Bonchev–Trinajstić information content (AvgIpc) is 0.801. The van der Waals surface area contributed by atoms with Gasteiger partial charge in [0.25, 0.3) is 0 Å². The monoisotopic (exact) mass is 1910 g/mol. The van der Waals surface area contributed by atoms with Gasteiger partial charge in [-0.3, -0.25) is 0 Å². The van der Waals surface area contributed by atoms with Gasteiger partial charge in [0.15, 0.2) is 40.8 Å². The molecule has 11 nitrogen and oxygen atoms in total. The Kier molecular flexibility index (Phi) is 30.9. The summed E-state index contributed by atoms with van der Waals surface area (Å²) in [5.41, 5.74) is 42.7. The Hall–Kier alpha value is -18.7. The SMILES string of the molecule is Cc1ccc(-c2cc(-c3cccc(C)c3)nc(-c3ccccc3)n2)cc1.Cc1ccc(-c2ccc(-c3cc(-c4cccc(C)c4)nc(-c4ccccc4)n3)cc2)cc1.Cc1ccc(-c2ccc(-c3cc(-c4ccccc4)nc(-c4cccc(C)c4)n3)cc2)cc1.Cc1ccc(-c2ccc(-c3nc(-c4ccccc4)cc(-c4cccc(C)c4)n3)cc2)cc1.Cc1ccc(-c2nc(-c3ccccc3)nc(-c3cccc(C)c3)n2)cc1. The Morgan fingerprint density at radius 1 is 0.0878 bits per heavy atom. The zero-order valence-electron chi connectivity index (χ0n) is 84.7. The molecule has 0 bridgehead atoms. The van der Waals surface area contributed by atoms with E-state index in [9.17, 15) is 0 Å². The molecule has 5 aromatic heterocycles. The molecule has 0 amide bonds. The highest BCUT2D eigenvalue weighted by atomic mass is 15.0. The molecule has 0 radical (unpaired) electrons. The molecule has 714 valence electrons. The quantitative estimate of drug-likeness (QED) is 0.0810. The third kappa shape index (κ3) is 25.3. The summed E-state index contributed by atoms with van der Waals surface area (Å²) >= 11 is 0. The van der Waals surface area contributed by atoms with Crippen molar-refractivity contribution in [2.45, 2.75) is 69.2 Å². The molecule has 148 heavy (non-hydrogen) atoms. The van der Waals surface area contributed by atoms with Crippen LogP contribution in [0, 0.1) is 69.2 Å². The molecule has 23 rings (SSSR count). The van der Waals surface area contributed by atoms with E-state index in [0.29, 0.717) is 17.5 Å². The fourth-order valence-electron chi connectivity index (χ4n) is 17.4. The van der Waals surface area contributed by atoms with Crippen molar-refractivity contribution >= 4 is 0 Å². The van der Waals surface area contributed by atoms with E-state index in [-0.39, 0.29) is 0 Å². The van der Waals surface area contributed by atoms with Gasteiger partial charge >= 0.3 is 0 Å². The molecule has 0 spiro atoms. The van der Waals surface area contributed by atoms with Crippen molar-refractivity contribution in [3.05, 3.63) is 547 Å². The number of benzene rings is 18. The molecule has 0 fully saturated rings. The fraction of sp³-hybridized carbons (Fsp3) is 0.0730. The molecule has 5 heterocycles. The van der Waals surface area contributed by atoms with Crippen LogP contribution >= 0.6 is 0 Å². The van der Waals surface area contributed by atoms with Crippen molar-refractivity contribution in [1.29, 1.82) is 0 Å². The molecule has 0 aliphatic heterocycles. The molecule has 0 saturated carbocycles. The minimum Gasteiger partial charge on any atom is -0.228 e. The van der Waals surface area contributed by atoms with Crippen molar-refractivity contribution in [2.24, 2.45) is 0 Å². The van der Waals surface area contributed by atoms with Crippen LogP contribution in [0.25, 0.3) is 203 Å². The molecular formula is C137H111N11. The smallest absolute Gasteiger partial charge is 0.164 e. The summed E-state index contributed by atoms with van der Waals surface area (Å²) in [4.78, 5) is 53.4. The Morgan fingerprint density at radius 3 is 0.453 bits per heavy atom. The molecule has 0 N–H and O–H groups in total. The first kappa shape index (κ1) is 98.1. The third-order valence-corrected chi connectivity index (χ3v) is 25.6. The Bertz CT molecular complexity index is 7760. The van der Waals surface area contributed by atoms with Crippen LogP contribution < -0.4 is 0 Å². The van der Waals surface area contributed by atoms with E-state index < -0.39 is 0 Å². The molecule has 0 aliphatic carbocycles. The number of nitrogens with zero attached hydrogens (tertiary/aromatic N) is 11. The van der Waals surface area contributed by atoms with Gasteiger partial charge < -0.3 is 0 Å². The molecule has 0 atom stereocenters. The summed E-state index contributed by atoms with van der Waals surface area (Å²) in [6, 6.07) is 169. The maximum Gasteiger partial charge on any atom is 0.164 e. The van der Waals surface area contributed by atoms with Gasteiger partial charge in [-0.2, -0.15) is 0 Å². The van der Waals surface area contributed by atoms with E-state index in [1.165, 1.54) is 89.0 Å². The number of hydrogen-bond donors (Lipinski definition) is 0. The van der Waals surface area contributed by atoms with E-state index in [4.69, 9.17) is 54.8 Å². The van der Waals surface area contributed by atoms with E-state index >= 15 is 0 Å². The summed E-state index contributed by atoms with van der Waals surface area (Å²) in [5.74, 6) is 5.04. The summed E-state index contributed by atoms with van der Waals surface area (Å²) in [7, 11) is 0. The lowest BCUT2D eigenvalue weighted by Gasteiger charge is -2.10. The maximum atomic E-state index is 4.94.